The molecule has 1 unspecified atom stereocenters. The number of nitrogens with zero attached hydrogens (tertiary/aromatic N) is 1. The Kier molecular flexibility index (Phi) is 11.0. The van der Waals surface area contributed by atoms with E-state index in [1.807, 2.05) is 0 Å². The third-order valence-corrected chi connectivity index (χ3v) is 3.38. The van der Waals surface area contributed by atoms with Gasteiger partial charge in [-0.2, -0.15) is 0 Å². The van der Waals surface area contributed by atoms with E-state index >= 15 is 0 Å². The second kappa shape index (κ2) is 11.0. The van der Waals surface area contributed by atoms with Gasteiger partial charge in [0.25, 0.3) is 0 Å². The largest absolute Gasteiger partial charge is 0.316 e. The van der Waals surface area contributed by atoms with E-state index in [2.05, 4.69) is 45.0 Å². The smallest absolute Gasteiger partial charge is 0.00637 e. The third kappa shape index (κ3) is 10.8. The Bertz CT molecular complexity index is 157. The van der Waals surface area contributed by atoms with Crippen LogP contribution in [0.1, 0.15) is 59.8 Å². The third-order valence-electron chi connectivity index (χ3n) is 3.38. The topological polar surface area (TPSA) is 15.3 Å². The van der Waals surface area contributed by atoms with Gasteiger partial charge < -0.3 is 10.2 Å². The fourth-order valence-corrected chi connectivity index (χ4v) is 2.04. The Hall–Kier alpha value is -0.0800. The average Bonchev–Trinajstić information content (AvgIpc) is 2.27. The standard InChI is InChI=1S/C15H34N2/c1-6-10-15(4)17(5)12-9-7-8-11-16-13-14(2)3/h14-16H,6-13H2,1-5H3. The molecule has 0 rings (SSSR count). The Morgan fingerprint density at radius 2 is 1.76 bits per heavy atom. The molecule has 0 aromatic carbocycles. The van der Waals surface area contributed by atoms with Crippen LogP contribution in [0.25, 0.3) is 0 Å². The van der Waals surface area contributed by atoms with Crippen LogP contribution in [0.2, 0.25) is 0 Å². The fourth-order valence-electron chi connectivity index (χ4n) is 2.04. The molecule has 0 heterocycles. The molecule has 0 radical (unpaired) electrons. The summed E-state index contributed by atoms with van der Waals surface area (Å²) in [5, 5.41) is 3.50. The molecule has 0 bridgehead atoms. The number of unbranched alkanes of at least 4 members (excludes halogenated alkanes) is 2. The lowest BCUT2D eigenvalue weighted by molar-refractivity contribution is 0.239. The molecule has 0 aromatic heterocycles. The van der Waals surface area contributed by atoms with E-state index < -0.39 is 0 Å². The van der Waals surface area contributed by atoms with Crippen molar-refractivity contribution in [3.8, 4) is 0 Å². The van der Waals surface area contributed by atoms with Crippen LogP contribution in [-0.4, -0.2) is 37.6 Å². The molecule has 17 heavy (non-hydrogen) atoms. The van der Waals surface area contributed by atoms with Gasteiger partial charge in [0.2, 0.25) is 0 Å². The fraction of sp³-hybridized carbons (Fsp3) is 1.00. The minimum absolute atomic E-state index is 0.749. The minimum atomic E-state index is 0.749. The molecule has 0 aliphatic heterocycles. The van der Waals surface area contributed by atoms with Gasteiger partial charge in [0.15, 0.2) is 0 Å². The zero-order chi connectivity index (χ0) is 13.1. The summed E-state index contributed by atoms with van der Waals surface area (Å²) in [5.74, 6) is 0.774. The van der Waals surface area contributed by atoms with Crippen molar-refractivity contribution in [3.63, 3.8) is 0 Å². The molecule has 1 N–H and O–H groups in total. The van der Waals surface area contributed by atoms with E-state index in [4.69, 9.17) is 0 Å². The highest BCUT2D eigenvalue weighted by Crippen LogP contribution is 2.06. The molecule has 0 saturated heterocycles. The second-order valence-electron chi connectivity index (χ2n) is 5.78. The molecule has 2 nitrogen and oxygen atoms in total. The van der Waals surface area contributed by atoms with Crippen molar-refractivity contribution in [2.45, 2.75) is 65.8 Å². The van der Waals surface area contributed by atoms with Crippen LogP contribution in [0.5, 0.6) is 0 Å². The molecule has 0 saturated carbocycles. The van der Waals surface area contributed by atoms with Gasteiger partial charge >= 0.3 is 0 Å². The summed E-state index contributed by atoms with van der Waals surface area (Å²) in [5.41, 5.74) is 0. The zero-order valence-corrected chi connectivity index (χ0v) is 12.8. The van der Waals surface area contributed by atoms with E-state index in [-0.39, 0.29) is 0 Å². The number of hydrogen-bond acceptors (Lipinski definition) is 2. The lowest BCUT2D eigenvalue weighted by Crippen LogP contribution is -2.29. The summed E-state index contributed by atoms with van der Waals surface area (Å²) in [7, 11) is 2.26. The Labute approximate surface area is 109 Å². The number of nitrogens with one attached hydrogen (secondary N) is 1. The van der Waals surface area contributed by atoms with Crippen molar-refractivity contribution in [1.82, 2.24) is 10.2 Å². The summed E-state index contributed by atoms with van der Waals surface area (Å²) in [4.78, 5) is 2.51. The van der Waals surface area contributed by atoms with Gasteiger partial charge in [0.1, 0.15) is 0 Å². The van der Waals surface area contributed by atoms with Crippen molar-refractivity contribution in [2.24, 2.45) is 5.92 Å². The first-order valence-corrected chi connectivity index (χ1v) is 7.48. The molecular weight excluding hydrogens is 208 g/mol. The first kappa shape index (κ1) is 16.9. The predicted molar refractivity (Wildman–Crippen MR) is 78.6 cm³/mol. The second-order valence-corrected chi connectivity index (χ2v) is 5.78. The molecule has 0 spiro atoms. The predicted octanol–water partition coefficient (Wildman–Crippen LogP) is 3.52. The first-order valence-electron chi connectivity index (χ1n) is 7.48. The maximum absolute atomic E-state index is 3.50. The van der Waals surface area contributed by atoms with E-state index in [1.165, 1.54) is 45.2 Å². The monoisotopic (exact) mass is 242 g/mol. The van der Waals surface area contributed by atoms with Gasteiger partial charge in [-0.05, 0) is 58.8 Å². The maximum Gasteiger partial charge on any atom is 0.00637 e. The van der Waals surface area contributed by atoms with Gasteiger partial charge in [-0.1, -0.05) is 33.6 Å². The molecular formula is C15H34N2. The van der Waals surface area contributed by atoms with E-state index in [0.29, 0.717) is 0 Å². The highest BCUT2D eigenvalue weighted by atomic mass is 15.1. The van der Waals surface area contributed by atoms with Crippen molar-refractivity contribution in [2.75, 3.05) is 26.7 Å². The molecule has 0 aromatic rings. The zero-order valence-electron chi connectivity index (χ0n) is 12.8. The van der Waals surface area contributed by atoms with Crippen LogP contribution >= 0.6 is 0 Å². The lowest BCUT2D eigenvalue weighted by Gasteiger charge is -2.24. The van der Waals surface area contributed by atoms with Crippen LogP contribution in [-0.2, 0) is 0 Å². The summed E-state index contributed by atoms with van der Waals surface area (Å²) in [6.07, 6.45) is 6.64. The SMILES string of the molecule is CCCC(C)N(C)CCCCCNCC(C)C. The molecule has 0 aliphatic rings. The maximum atomic E-state index is 3.50. The van der Waals surface area contributed by atoms with Gasteiger partial charge in [-0.25, -0.2) is 0 Å². The van der Waals surface area contributed by atoms with Gasteiger partial charge in [-0.3, -0.25) is 0 Å². The summed E-state index contributed by atoms with van der Waals surface area (Å²) in [6.45, 7) is 12.7. The van der Waals surface area contributed by atoms with Crippen LogP contribution in [0.3, 0.4) is 0 Å². The van der Waals surface area contributed by atoms with Gasteiger partial charge in [0.05, 0.1) is 0 Å². The van der Waals surface area contributed by atoms with Crippen molar-refractivity contribution in [1.29, 1.82) is 0 Å². The summed E-state index contributed by atoms with van der Waals surface area (Å²) in [6, 6.07) is 0.749. The Balaban J connectivity index is 3.27. The minimum Gasteiger partial charge on any atom is -0.316 e. The van der Waals surface area contributed by atoms with Crippen LogP contribution in [0.15, 0.2) is 0 Å². The van der Waals surface area contributed by atoms with Crippen molar-refractivity contribution in [3.05, 3.63) is 0 Å². The molecule has 1 atom stereocenters. The normalized spacial score (nSPS) is 13.6. The Morgan fingerprint density at radius 1 is 1.06 bits per heavy atom. The van der Waals surface area contributed by atoms with Crippen molar-refractivity contribution >= 4 is 0 Å². The van der Waals surface area contributed by atoms with Crippen LogP contribution in [0.4, 0.5) is 0 Å². The first-order chi connectivity index (χ1) is 8.07. The highest BCUT2D eigenvalue weighted by molar-refractivity contribution is 4.62. The molecule has 2 heteroatoms. The Morgan fingerprint density at radius 3 is 2.35 bits per heavy atom. The highest BCUT2D eigenvalue weighted by Gasteiger charge is 2.06. The average molecular weight is 242 g/mol. The summed E-state index contributed by atoms with van der Waals surface area (Å²) < 4.78 is 0. The number of rotatable bonds is 11. The van der Waals surface area contributed by atoms with Crippen LogP contribution < -0.4 is 5.32 Å². The van der Waals surface area contributed by atoms with E-state index in [0.717, 1.165) is 18.5 Å². The van der Waals surface area contributed by atoms with Gasteiger partial charge in [-0.15, -0.1) is 0 Å². The molecule has 104 valence electrons. The van der Waals surface area contributed by atoms with Crippen molar-refractivity contribution < 1.29 is 0 Å². The summed E-state index contributed by atoms with van der Waals surface area (Å²) >= 11 is 0. The lowest BCUT2D eigenvalue weighted by atomic mass is 10.1. The van der Waals surface area contributed by atoms with Crippen LogP contribution in [0, 0.1) is 5.92 Å². The van der Waals surface area contributed by atoms with Gasteiger partial charge in [0, 0.05) is 6.04 Å². The molecule has 0 aliphatic carbocycles. The van der Waals surface area contributed by atoms with E-state index in [9.17, 15) is 0 Å². The molecule has 0 fully saturated rings. The van der Waals surface area contributed by atoms with E-state index in [1.54, 1.807) is 0 Å². The quantitative estimate of drug-likeness (QED) is 0.558. The number of hydrogen-bond donors (Lipinski definition) is 1. The molecule has 0 amide bonds.